The van der Waals surface area contributed by atoms with Crippen molar-refractivity contribution in [1.82, 2.24) is 14.7 Å². The van der Waals surface area contributed by atoms with Crippen LogP contribution in [0.25, 0.3) is 0 Å². The zero-order chi connectivity index (χ0) is 13.2. The van der Waals surface area contributed by atoms with E-state index >= 15 is 0 Å². The van der Waals surface area contributed by atoms with E-state index in [0.29, 0.717) is 11.6 Å². The molecule has 7 heteroatoms. The molecule has 2 heterocycles. The molecule has 1 aromatic heterocycles. The second-order valence-electron chi connectivity index (χ2n) is 4.59. The summed E-state index contributed by atoms with van der Waals surface area (Å²) in [7, 11) is -3.19. The van der Waals surface area contributed by atoms with Crippen LogP contribution in [0.4, 0.5) is 5.95 Å². The Morgan fingerprint density at radius 2 is 2.00 bits per heavy atom. The number of hydrogen-bond acceptors (Lipinski definition) is 5. The first-order chi connectivity index (χ1) is 8.44. The van der Waals surface area contributed by atoms with Gasteiger partial charge in [-0.05, 0) is 25.8 Å². The lowest BCUT2D eigenvalue weighted by Gasteiger charge is -2.16. The van der Waals surface area contributed by atoms with Gasteiger partial charge in [-0.15, -0.1) is 0 Å². The summed E-state index contributed by atoms with van der Waals surface area (Å²) in [5, 5.41) is 0. The standard InChI is InChI=1S/C11H18N4O2S/c1-9-7-10(8-12-18(2,16)17)14-11(13-9)15-5-3-4-6-15/h7,12H,3-6,8H2,1-2H3. The number of aromatic nitrogens is 2. The van der Waals surface area contributed by atoms with Crippen LogP contribution in [0, 0.1) is 6.92 Å². The summed E-state index contributed by atoms with van der Waals surface area (Å²) in [5.41, 5.74) is 1.56. The second-order valence-corrected chi connectivity index (χ2v) is 6.42. The van der Waals surface area contributed by atoms with Crippen molar-refractivity contribution < 1.29 is 8.42 Å². The van der Waals surface area contributed by atoms with Gasteiger partial charge in [0.15, 0.2) is 0 Å². The second kappa shape index (κ2) is 5.19. The summed E-state index contributed by atoms with van der Waals surface area (Å²) in [6.45, 7) is 4.05. The van der Waals surface area contributed by atoms with E-state index in [4.69, 9.17) is 0 Å². The molecule has 0 saturated carbocycles. The average molecular weight is 270 g/mol. The summed E-state index contributed by atoms with van der Waals surface area (Å²) in [4.78, 5) is 10.9. The lowest BCUT2D eigenvalue weighted by atomic mass is 10.3. The summed E-state index contributed by atoms with van der Waals surface area (Å²) in [6, 6.07) is 1.80. The van der Waals surface area contributed by atoms with Gasteiger partial charge in [0.05, 0.1) is 18.5 Å². The van der Waals surface area contributed by atoms with Crippen molar-refractivity contribution in [2.24, 2.45) is 0 Å². The number of anilines is 1. The highest BCUT2D eigenvalue weighted by Gasteiger charge is 2.16. The SMILES string of the molecule is Cc1cc(CNS(C)(=O)=O)nc(N2CCCC2)n1. The maximum Gasteiger partial charge on any atom is 0.225 e. The summed E-state index contributed by atoms with van der Waals surface area (Å²) >= 11 is 0. The first-order valence-corrected chi connectivity index (χ1v) is 7.87. The maximum absolute atomic E-state index is 11.1. The Morgan fingerprint density at radius 3 is 2.61 bits per heavy atom. The Balaban J connectivity index is 2.15. The number of aryl methyl sites for hydroxylation is 1. The molecule has 2 rings (SSSR count). The molecule has 100 valence electrons. The molecule has 0 radical (unpaired) electrons. The van der Waals surface area contributed by atoms with Gasteiger partial charge >= 0.3 is 0 Å². The number of nitrogens with zero attached hydrogens (tertiary/aromatic N) is 3. The van der Waals surface area contributed by atoms with E-state index in [9.17, 15) is 8.42 Å². The van der Waals surface area contributed by atoms with Crippen LogP contribution in [0.5, 0.6) is 0 Å². The molecule has 0 atom stereocenters. The van der Waals surface area contributed by atoms with Crippen molar-refractivity contribution in [2.75, 3.05) is 24.2 Å². The van der Waals surface area contributed by atoms with E-state index in [1.807, 2.05) is 6.92 Å². The van der Waals surface area contributed by atoms with Gasteiger partial charge in [0.2, 0.25) is 16.0 Å². The third kappa shape index (κ3) is 3.64. The molecular formula is C11H18N4O2S. The fourth-order valence-corrected chi connectivity index (χ4v) is 2.38. The summed E-state index contributed by atoms with van der Waals surface area (Å²) in [5.74, 6) is 0.706. The van der Waals surface area contributed by atoms with Crippen molar-refractivity contribution >= 4 is 16.0 Å². The molecule has 1 saturated heterocycles. The molecule has 0 bridgehead atoms. The molecule has 18 heavy (non-hydrogen) atoms. The van der Waals surface area contributed by atoms with Crippen LogP contribution in [-0.4, -0.2) is 37.7 Å². The Bertz CT molecular complexity index is 524. The lowest BCUT2D eigenvalue weighted by Crippen LogP contribution is -2.24. The van der Waals surface area contributed by atoms with E-state index in [1.165, 1.54) is 0 Å². The van der Waals surface area contributed by atoms with Crippen LogP contribution in [-0.2, 0) is 16.6 Å². The highest BCUT2D eigenvalue weighted by molar-refractivity contribution is 7.88. The fraction of sp³-hybridized carbons (Fsp3) is 0.636. The lowest BCUT2D eigenvalue weighted by molar-refractivity contribution is 0.586. The van der Waals surface area contributed by atoms with Gasteiger partial charge in [-0.25, -0.2) is 23.1 Å². The van der Waals surface area contributed by atoms with Crippen molar-refractivity contribution in [3.63, 3.8) is 0 Å². The molecule has 1 aliphatic heterocycles. The molecular weight excluding hydrogens is 252 g/mol. The third-order valence-corrected chi connectivity index (χ3v) is 3.47. The summed E-state index contributed by atoms with van der Waals surface area (Å²) < 4.78 is 24.6. The number of sulfonamides is 1. The highest BCUT2D eigenvalue weighted by Crippen LogP contribution is 2.16. The average Bonchev–Trinajstić information content (AvgIpc) is 2.78. The van der Waals surface area contributed by atoms with Crippen molar-refractivity contribution in [3.05, 3.63) is 17.5 Å². The minimum absolute atomic E-state index is 0.211. The first kappa shape index (κ1) is 13.2. The normalized spacial score (nSPS) is 16.2. The van der Waals surface area contributed by atoms with Gasteiger partial charge in [0.25, 0.3) is 0 Å². The number of nitrogens with one attached hydrogen (secondary N) is 1. The van der Waals surface area contributed by atoms with Crippen LogP contribution in [0.3, 0.4) is 0 Å². The molecule has 1 aliphatic rings. The zero-order valence-corrected chi connectivity index (χ0v) is 11.5. The van der Waals surface area contributed by atoms with Gasteiger partial charge in [-0.2, -0.15) is 0 Å². The molecule has 1 fully saturated rings. The highest BCUT2D eigenvalue weighted by atomic mass is 32.2. The Hall–Kier alpha value is -1.21. The molecule has 0 aromatic carbocycles. The fourth-order valence-electron chi connectivity index (χ4n) is 1.97. The Morgan fingerprint density at radius 1 is 1.33 bits per heavy atom. The van der Waals surface area contributed by atoms with Crippen molar-refractivity contribution in [3.8, 4) is 0 Å². The smallest absolute Gasteiger partial charge is 0.225 e. The van der Waals surface area contributed by atoms with Gasteiger partial charge in [0, 0.05) is 18.8 Å². The minimum Gasteiger partial charge on any atom is -0.341 e. The topological polar surface area (TPSA) is 75.2 Å². The van der Waals surface area contributed by atoms with E-state index in [2.05, 4.69) is 19.6 Å². The van der Waals surface area contributed by atoms with Crippen LogP contribution in [0.1, 0.15) is 24.2 Å². The third-order valence-electron chi connectivity index (χ3n) is 2.80. The van der Waals surface area contributed by atoms with Crippen LogP contribution < -0.4 is 9.62 Å². The Kier molecular flexibility index (Phi) is 3.82. The molecule has 1 N–H and O–H groups in total. The van der Waals surface area contributed by atoms with Crippen LogP contribution >= 0.6 is 0 Å². The van der Waals surface area contributed by atoms with Crippen LogP contribution in [0.15, 0.2) is 6.07 Å². The molecule has 0 amide bonds. The van der Waals surface area contributed by atoms with E-state index in [-0.39, 0.29) is 6.54 Å². The quantitative estimate of drug-likeness (QED) is 0.859. The first-order valence-electron chi connectivity index (χ1n) is 5.98. The molecule has 0 aliphatic carbocycles. The molecule has 0 unspecified atom stereocenters. The van der Waals surface area contributed by atoms with Gasteiger partial charge in [-0.1, -0.05) is 0 Å². The molecule has 0 spiro atoms. The zero-order valence-electron chi connectivity index (χ0n) is 10.7. The monoisotopic (exact) mass is 270 g/mol. The van der Waals surface area contributed by atoms with Gasteiger partial charge in [-0.3, -0.25) is 0 Å². The van der Waals surface area contributed by atoms with E-state index in [0.717, 1.165) is 37.9 Å². The molecule has 6 nitrogen and oxygen atoms in total. The number of rotatable bonds is 4. The summed E-state index contributed by atoms with van der Waals surface area (Å²) in [6.07, 6.45) is 3.46. The van der Waals surface area contributed by atoms with Gasteiger partial charge in [0.1, 0.15) is 0 Å². The van der Waals surface area contributed by atoms with Crippen molar-refractivity contribution in [1.29, 1.82) is 0 Å². The van der Waals surface area contributed by atoms with Crippen LogP contribution in [0.2, 0.25) is 0 Å². The molecule has 1 aromatic rings. The maximum atomic E-state index is 11.1. The van der Waals surface area contributed by atoms with E-state index < -0.39 is 10.0 Å². The Labute approximate surface area is 107 Å². The van der Waals surface area contributed by atoms with Crippen molar-refractivity contribution in [2.45, 2.75) is 26.3 Å². The predicted molar refractivity (Wildman–Crippen MR) is 69.9 cm³/mol. The van der Waals surface area contributed by atoms with Gasteiger partial charge < -0.3 is 4.90 Å². The largest absolute Gasteiger partial charge is 0.341 e. The minimum atomic E-state index is -3.19. The predicted octanol–water partition coefficient (Wildman–Crippen LogP) is 0.434. The number of hydrogen-bond donors (Lipinski definition) is 1. The van der Waals surface area contributed by atoms with E-state index in [1.54, 1.807) is 6.07 Å².